The van der Waals surface area contributed by atoms with Gasteiger partial charge in [-0.15, -0.1) is 0 Å². The van der Waals surface area contributed by atoms with Gasteiger partial charge in [-0.05, 0) is 67.2 Å². The maximum atomic E-state index is 13.7. The third-order valence-corrected chi connectivity index (χ3v) is 4.26. The number of ether oxygens (including phenoxy) is 1. The predicted molar refractivity (Wildman–Crippen MR) is 81.9 cm³/mol. The maximum Gasteiger partial charge on any atom is 0.203 e. The maximum absolute atomic E-state index is 13.7. The molecule has 2 aromatic rings. The fourth-order valence-corrected chi connectivity index (χ4v) is 3.00. The zero-order valence-corrected chi connectivity index (χ0v) is 12.9. The average molecular weight is 339 g/mol. The van der Waals surface area contributed by atoms with E-state index in [1.165, 1.54) is 12.1 Å². The Morgan fingerprint density at radius 1 is 0.958 bits per heavy atom. The van der Waals surface area contributed by atoms with Crippen LogP contribution < -0.4 is 10.1 Å². The Hall–Kier alpha value is -2.08. The summed E-state index contributed by atoms with van der Waals surface area (Å²) in [5.41, 5.74) is 1.42. The molecule has 0 amide bonds. The zero-order valence-electron chi connectivity index (χ0n) is 12.9. The van der Waals surface area contributed by atoms with E-state index in [0.717, 1.165) is 37.6 Å². The number of piperidine rings is 1. The number of hydrogen-bond acceptors (Lipinski definition) is 2. The minimum atomic E-state index is -1.36. The van der Waals surface area contributed by atoms with Crippen LogP contribution in [0, 0.1) is 23.3 Å². The van der Waals surface area contributed by atoms with Gasteiger partial charge in [0.2, 0.25) is 5.82 Å². The van der Waals surface area contributed by atoms with Gasteiger partial charge in [0.1, 0.15) is 12.4 Å². The van der Waals surface area contributed by atoms with E-state index in [1.807, 2.05) is 0 Å². The molecule has 2 nitrogen and oxygen atoms in total. The van der Waals surface area contributed by atoms with Crippen LogP contribution in [0.25, 0.3) is 0 Å². The van der Waals surface area contributed by atoms with Crippen molar-refractivity contribution in [1.82, 2.24) is 5.32 Å². The molecule has 0 atom stereocenters. The molecule has 1 N–H and O–H groups in total. The van der Waals surface area contributed by atoms with Crippen LogP contribution in [-0.2, 0) is 6.61 Å². The highest BCUT2D eigenvalue weighted by Gasteiger charge is 2.20. The normalized spacial score (nSPS) is 15.5. The van der Waals surface area contributed by atoms with Gasteiger partial charge in [-0.25, -0.2) is 13.2 Å². The fourth-order valence-electron chi connectivity index (χ4n) is 3.00. The highest BCUT2D eigenvalue weighted by Crippen LogP contribution is 2.31. The molecule has 3 rings (SSSR count). The van der Waals surface area contributed by atoms with Gasteiger partial charge < -0.3 is 10.1 Å². The van der Waals surface area contributed by atoms with Crippen LogP contribution in [0.5, 0.6) is 5.75 Å². The van der Waals surface area contributed by atoms with E-state index in [4.69, 9.17) is 4.74 Å². The number of hydrogen-bond donors (Lipinski definition) is 1. The molecule has 0 spiro atoms. The largest absolute Gasteiger partial charge is 0.483 e. The number of benzene rings is 2. The van der Waals surface area contributed by atoms with Crippen LogP contribution in [0.1, 0.15) is 29.9 Å². The molecule has 0 aliphatic carbocycles. The topological polar surface area (TPSA) is 21.3 Å². The lowest BCUT2D eigenvalue weighted by Crippen LogP contribution is -2.27. The van der Waals surface area contributed by atoms with Crippen LogP contribution >= 0.6 is 0 Å². The molecular formula is C18H17F4NO. The summed E-state index contributed by atoms with van der Waals surface area (Å²) in [5, 5.41) is 3.23. The first-order valence-corrected chi connectivity index (χ1v) is 7.81. The Bertz CT molecular complexity index is 729. The minimum absolute atomic E-state index is 0.155. The van der Waals surface area contributed by atoms with Gasteiger partial charge in [0.25, 0.3) is 0 Å². The molecular weight excluding hydrogens is 322 g/mol. The smallest absolute Gasteiger partial charge is 0.203 e. The van der Waals surface area contributed by atoms with Crippen LogP contribution in [-0.4, -0.2) is 13.1 Å². The first-order valence-electron chi connectivity index (χ1n) is 7.81. The molecule has 1 saturated heterocycles. The van der Waals surface area contributed by atoms with E-state index in [2.05, 4.69) is 5.32 Å². The van der Waals surface area contributed by atoms with Crippen LogP contribution in [0.2, 0.25) is 0 Å². The second kappa shape index (κ2) is 7.21. The summed E-state index contributed by atoms with van der Waals surface area (Å²) >= 11 is 0. The van der Waals surface area contributed by atoms with Crippen molar-refractivity contribution in [3.63, 3.8) is 0 Å². The zero-order chi connectivity index (χ0) is 17.1. The van der Waals surface area contributed by atoms with Gasteiger partial charge in [0.15, 0.2) is 17.4 Å². The lowest BCUT2D eigenvalue weighted by atomic mass is 9.87. The van der Waals surface area contributed by atoms with Crippen LogP contribution in [0.4, 0.5) is 17.6 Å². The number of nitrogens with one attached hydrogen (secondary N) is 1. The predicted octanol–water partition coefficient (Wildman–Crippen LogP) is 4.29. The molecule has 6 heteroatoms. The summed E-state index contributed by atoms with van der Waals surface area (Å²) in [6, 6.07) is 5.78. The van der Waals surface area contributed by atoms with Gasteiger partial charge in [-0.1, -0.05) is 6.07 Å². The average Bonchev–Trinajstić information content (AvgIpc) is 2.60. The Balaban J connectivity index is 1.84. The highest BCUT2D eigenvalue weighted by atomic mass is 19.2. The molecule has 0 bridgehead atoms. The molecule has 0 unspecified atom stereocenters. The van der Waals surface area contributed by atoms with E-state index in [1.54, 1.807) is 6.07 Å². The van der Waals surface area contributed by atoms with Gasteiger partial charge in [-0.3, -0.25) is 0 Å². The van der Waals surface area contributed by atoms with Crippen molar-refractivity contribution in [3.05, 3.63) is 64.7 Å². The Morgan fingerprint density at radius 2 is 1.67 bits per heavy atom. The van der Waals surface area contributed by atoms with Crippen molar-refractivity contribution in [2.75, 3.05) is 13.1 Å². The fraction of sp³-hybridized carbons (Fsp3) is 0.333. The highest BCUT2D eigenvalue weighted by molar-refractivity contribution is 5.33. The quantitative estimate of drug-likeness (QED) is 0.663. The van der Waals surface area contributed by atoms with E-state index in [-0.39, 0.29) is 18.3 Å². The second-order valence-corrected chi connectivity index (χ2v) is 5.83. The molecule has 0 aromatic heterocycles. The molecule has 2 aromatic carbocycles. The first-order chi connectivity index (χ1) is 11.6. The van der Waals surface area contributed by atoms with E-state index in [0.29, 0.717) is 11.6 Å². The van der Waals surface area contributed by atoms with Gasteiger partial charge in [0, 0.05) is 0 Å². The minimum Gasteiger partial charge on any atom is -0.483 e. The van der Waals surface area contributed by atoms with Crippen molar-refractivity contribution < 1.29 is 22.3 Å². The van der Waals surface area contributed by atoms with Crippen molar-refractivity contribution in [2.24, 2.45) is 0 Å². The van der Waals surface area contributed by atoms with Crippen LogP contribution in [0.3, 0.4) is 0 Å². The van der Waals surface area contributed by atoms with Gasteiger partial charge in [-0.2, -0.15) is 4.39 Å². The third kappa shape index (κ3) is 3.53. The SMILES string of the molecule is Fc1ccc(COc2c(F)ccc(F)c2F)c(C2CCNCC2)c1. The lowest BCUT2D eigenvalue weighted by Gasteiger charge is -2.25. The Labute approximate surface area is 137 Å². The third-order valence-electron chi connectivity index (χ3n) is 4.26. The monoisotopic (exact) mass is 339 g/mol. The molecule has 1 fully saturated rings. The van der Waals surface area contributed by atoms with Gasteiger partial charge in [0.05, 0.1) is 0 Å². The first kappa shape index (κ1) is 16.8. The molecule has 0 saturated carbocycles. The van der Waals surface area contributed by atoms with Crippen molar-refractivity contribution >= 4 is 0 Å². The number of halogens is 4. The summed E-state index contributed by atoms with van der Waals surface area (Å²) in [6.45, 7) is 1.50. The molecule has 128 valence electrons. The van der Waals surface area contributed by atoms with E-state index < -0.39 is 23.2 Å². The Morgan fingerprint density at radius 3 is 2.42 bits per heavy atom. The molecule has 1 aliphatic heterocycles. The number of rotatable bonds is 4. The molecule has 24 heavy (non-hydrogen) atoms. The lowest BCUT2D eigenvalue weighted by molar-refractivity contribution is 0.266. The van der Waals surface area contributed by atoms with Crippen LogP contribution in [0.15, 0.2) is 30.3 Å². The summed E-state index contributed by atoms with van der Waals surface area (Å²) in [7, 11) is 0. The summed E-state index contributed by atoms with van der Waals surface area (Å²) in [6.07, 6.45) is 1.69. The van der Waals surface area contributed by atoms with Crippen molar-refractivity contribution in [2.45, 2.75) is 25.4 Å². The Kier molecular flexibility index (Phi) is 5.04. The summed E-state index contributed by atoms with van der Waals surface area (Å²) in [5.74, 6) is -4.47. The van der Waals surface area contributed by atoms with E-state index in [9.17, 15) is 17.6 Å². The summed E-state index contributed by atoms with van der Waals surface area (Å²) in [4.78, 5) is 0. The standard InChI is InChI=1S/C18H17F4NO/c19-13-2-1-12(14(9-13)11-5-7-23-8-6-11)10-24-18-16(21)4-3-15(20)17(18)22/h1-4,9,11,23H,5-8,10H2. The molecule has 1 aliphatic rings. The van der Waals surface area contributed by atoms with Crippen molar-refractivity contribution in [3.8, 4) is 5.75 Å². The summed E-state index contributed by atoms with van der Waals surface area (Å²) < 4.78 is 59.4. The molecule has 0 radical (unpaired) electrons. The molecule has 1 heterocycles. The van der Waals surface area contributed by atoms with Crippen molar-refractivity contribution in [1.29, 1.82) is 0 Å². The van der Waals surface area contributed by atoms with Gasteiger partial charge >= 0.3 is 0 Å². The second-order valence-electron chi connectivity index (χ2n) is 5.83. The van der Waals surface area contributed by atoms with E-state index >= 15 is 0 Å².